The van der Waals surface area contributed by atoms with Gasteiger partial charge in [-0.05, 0) is 47.7 Å². The van der Waals surface area contributed by atoms with Crippen LogP contribution in [0.25, 0.3) is 10.8 Å². The van der Waals surface area contributed by atoms with Crippen molar-refractivity contribution in [3.05, 3.63) is 55.1 Å². The van der Waals surface area contributed by atoms with Crippen molar-refractivity contribution in [1.29, 1.82) is 0 Å². The molecule has 0 aliphatic heterocycles. The topological polar surface area (TPSA) is 63.2 Å². The molecule has 3 rings (SSSR count). The first-order chi connectivity index (χ1) is 11.0. The molecule has 0 spiro atoms. The summed E-state index contributed by atoms with van der Waals surface area (Å²) in [6.07, 6.45) is 2.86. The van der Waals surface area contributed by atoms with Gasteiger partial charge in [-0.1, -0.05) is 36.9 Å². The van der Waals surface area contributed by atoms with Crippen LogP contribution in [0.2, 0.25) is 0 Å². The van der Waals surface area contributed by atoms with Crippen molar-refractivity contribution in [2.24, 2.45) is 11.8 Å². The molecule has 1 saturated carbocycles. The van der Waals surface area contributed by atoms with E-state index in [-0.39, 0.29) is 22.5 Å². The van der Waals surface area contributed by atoms with Gasteiger partial charge in [0.05, 0.1) is 4.90 Å². The standard InChI is InChI=1S/C18H19NO3S/c1-2-18(20)17-12-15(17)9-10-19-23(21,22)16-8-7-13-5-3-4-6-14(13)11-16/h2-8,11,15,17,19H,1,9-10,12H2/t15-,17?/m0/s1. The van der Waals surface area contributed by atoms with Gasteiger partial charge in [0.1, 0.15) is 0 Å². The van der Waals surface area contributed by atoms with Gasteiger partial charge >= 0.3 is 0 Å². The van der Waals surface area contributed by atoms with Crippen LogP contribution in [-0.2, 0) is 14.8 Å². The molecule has 23 heavy (non-hydrogen) atoms. The van der Waals surface area contributed by atoms with Crippen molar-refractivity contribution in [3.8, 4) is 0 Å². The van der Waals surface area contributed by atoms with E-state index in [0.717, 1.165) is 17.2 Å². The van der Waals surface area contributed by atoms with Gasteiger partial charge in [0.2, 0.25) is 10.0 Å². The summed E-state index contributed by atoms with van der Waals surface area (Å²) in [5.41, 5.74) is 0. The number of fused-ring (bicyclic) bond motifs is 1. The molecule has 1 fully saturated rings. The van der Waals surface area contributed by atoms with Crippen LogP contribution in [0.3, 0.4) is 0 Å². The maximum absolute atomic E-state index is 12.4. The van der Waals surface area contributed by atoms with Crippen LogP contribution in [0, 0.1) is 11.8 Å². The minimum absolute atomic E-state index is 0.0395. The molecule has 1 N–H and O–H groups in total. The molecule has 5 heteroatoms. The molecular weight excluding hydrogens is 310 g/mol. The van der Waals surface area contributed by atoms with Crippen LogP contribution in [-0.4, -0.2) is 20.7 Å². The Morgan fingerprint density at radius 2 is 1.96 bits per heavy atom. The smallest absolute Gasteiger partial charge is 0.240 e. The molecule has 0 aromatic heterocycles. The molecule has 0 radical (unpaired) electrons. The number of sulfonamides is 1. The molecule has 0 saturated heterocycles. The number of hydrogen-bond acceptors (Lipinski definition) is 3. The second kappa shape index (κ2) is 6.26. The molecular formula is C18H19NO3S. The normalized spacial score (nSPS) is 20.3. The number of allylic oxidation sites excluding steroid dienone is 1. The number of nitrogens with one attached hydrogen (secondary N) is 1. The molecule has 0 amide bonds. The third-order valence-corrected chi connectivity index (χ3v) is 5.79. The molecule has 2 aromatic carbocycles. The molecule has 2 aromatic rings. The Kier molecular flexibility index (Phi) is 4.33. The minimum atomic E-state index is -3.52. The highest BCUT2D eigenvalue weighted by atomic mass is 32.2. The van der Waals surface area contributed by atoms with Crippen molar-refractivity contribution >= 4 is 26.6 Å². The molecule has 0 heterocycles. The van der Waals surface area contributed by atoms with Crippen LogP contribution in [0.5, 0.6) is 0 Å². The zero-order valence-corrected chi connectivity index (χ0v) is 13.6. The third-order valence-electron chi connectivity index (χ3n) is 4.33. The zero-order chi connectivity index (χ0) is 16.4. The predicted molar refractivity (Wildman–Crippen MR) is 90.6 cm³/mol. The van der Waals surface area contributed by atoms with Gasteiger partial charge in [0.25, 0.3) is 0 Å². The molecule has 120 valence electrons. The van der Waals surface area contributed by atoms with Crippen LogP contribution in [0.4, 0.5) is 0 Å². The maximum Gasteiger partial charge on any atom is 0.240 e. The molecule has 0 bridgehead atoms. The first-order valence-electron chi connectivity index (χ1n) is 7.66. The lowest BCUT2D eigenvalue weighted by atomic mass is 10.1. The highest BCUT2D eigenvalue weighted by Crippen LogP contribution is 2.41. The molecule has 2 atom stereocenters. The second-order valence-electron chi connectivity index (χ2n) is 5.90. The Hall–Kier alpha value is -1.98. The number of hydrogen-bond donors (Lipinski definition) is 1. The minimum Gasteiger partial charge on any atom is -0.295 e. The highest BCUT2D eigenvalue weighted by molar-refractivity contribution is 7.89. The lowest BCUT2D eigenvalue weighted by molar-refractivity contribution is -0.116. The Morgan fingerprint density at radius 1 is 1.22 bits per heavy atom. The Bertz CT molecular complexity index is 857. The monoisotopic (exact) mass is 329 g/mol. The van der Waals surface area contributed by atoms with Crippen LogP contribution in [0.1, 0.15) is 12.8 Å². The van der Waals surface area contributed by atoms with Gasteiger partial charge in [-0.25, -0.2) is 13.1 Å². The number of rotatable bonds is 7. The van der Waals surface area contributed by atoms with Gasteiger partial charge in [0.15, 0.2) is 5.78 Å². The zero-order valence-electron chi connectivity index (χ0n) is 12.7. The fourth-order valence-corrected chi connectivity index (χ4v) is 3.95. The van der Waals surface area contributed by atoms with Gasteiger partial charge in [-0.2, -0.15) is 0 Å². The maximum atomic E-state index is 12.4. The molecule has 4 nitrogen and oxygen atoms in total. The summed E-state index contributed by atoms with van der Waals surface area (Å²) in [6.45, 7) is 3.83. The Balaban J connectivity index is 1.62. The van der Waals surface area contributed by atoms with Crippen LogP contribution < -0.4 is 4.72 Å². The molecule has 1 aliphatic rings. The predicted octanol–water partition coefficient (Wildman–Crippen LogP) is 2.90. The molecule has 1 unspecified atom stereocenters. The summed E-state index contributed by atoms with van der Waals surface area (Å²) in [6, 6.07) is 12.8. The van der Waals surface area contributed by atoms with E-state index in [0.29, 0.717) is 13.0 Å². The van der Waals surface area contributed by atoms with E-state index in [2.05, 4.69) is 11.3 Å². The van der Waals surface area contributed by atoms with E-state index in [1.807, 2.05) is 30.3 Å². The van der Waals surface area contributed by atoms with E-state index in [4.69, 9.17) is 0 Å². The van der Waals surface area contributed by atoms with Gasteiger partial charge < -0.3 is 0 Å². The second-order valence-corrected chi connectivity index (χ2v) is 7.67. The summed E-state index contributed by atoms with van der Waals surface area (Å²) < 4.78 is 27.3. The summed E-state index contributed by atoms with van der Waals surface area (Å²) in [5.74, 6) is 0.380. The fourth-order valence-electron chi connectivity index (χ4n) is 2.86. The first-order valence-corrected chi connectivity index (χ1v) is 9.14. The number of ketones is 1. The largest absolute Gasteiger partial charge is 0.295 e. The van der Waals surface area contributed by atoms with Crippen molar-refractivity contribution in [2.45, 2.75) is 17.7 Å². The number of benzene rings is 2. The molecule has 1 aliphatic carbocycles. The van der Waals surface area contributed by atoms with E-state index in [1.165, 1.54) is 6.08 Å². The lowest BCUT2D eigenvalue weighted by Crippen LogP contribution is -2.25. The quantitative estimate of drug-likeness (QED) is 0.795. The first kappa shape index (κ1) is 15.9. The summed E-state index contributed by atoms with van der Waals surface area (Å²) >= 11 is 0. The Morgan fingerprint density at radius 3 is 2.70 bits per heavy atom. The Labute approximate surface area is 136 Å². The van der Waals surface area contributed by atoms with Gasteiger partial charge in [-0.3, -0.25) is 4.79 Å². The van der Waals surface area contributed by atoms with E-state index in [9.17, 15) is 13.2 Å². The third kappa shape index (κ3) is 3.51. The SMILES string of the molecule is C=CC(=O)C1C[C@@H]1CCNS(=O)(=O)c1ccc2ccccc2c1. The summed E-state index contributed by atoms with van der Waals surface area (Å²) in [7, 11) is -3.52. The lowest BCUT2D eigenvalue weighted by Gasteiger charge is -2.07. The van der Waals surface area contributed by atoms with Crippen LogP contribution in [0.15, 0.2) is 60.0 Å². The summed E-state index contributed by atoms with van der Waals surface area (Å²) in [5, 5.41) is 1.91. The van der Waals surface area contributed by atoms with Crippen molar-refractivity contribution in [2.75, 3.05) is 6.54 Å². The number of carbonyl (C=O) groups is 1. The van der Waals surface area contributed by atoms with Gasteiger partial charge in [-0.15, -0.1) is 0 Å². The highest BCUT2D eigenvalue weighted by Gasteiger charge is 2.40. The van der Waals surface area contributed by atoms with Crippen molar-refractivity contribution in [3.63, 3.8) is 0 Å². The van der Waals surface area contributed by atoms with Crippen molar-refractivity contribution < 1.29 is 13.2 Å². The average molecular weight is 329 g/mol. The van der Waals surface area contributed by atoms with E-state index < -0.39 is 10.0 Å². The summed E-state index contributed by atoms with van der Waals surface area (Å²) in [4.78, 5) is 11.7. The fraction of sp³-hybridized carbons (Fsp3) is 0.278. The van der Waals surface area contributed by atoms with Crippen LogP contribution >= 0.6 is 0 Å². The average Bonchev–Trinajstić information content (AvgIpc) is 3.33. The van der Waals surface area contributed by atoms with Crippen molar-refractivity contribution in [1.82, 2.24) is 4.72 Å². The number of carbonyl (C=O) groups excluding carboxylic acids is 1. The van der Waals surface area contributed by atoms with Gasteiger partial charge in [0, 0.05) is 12.5 Å². The van der Waals surface area contributed by atoms with E-state index >= 15 is 0 Å². The van der Waals surface area contributed by atoms with E-state index in [1.54, 1.807) is 12.1 Å².